The van der Waals surface area contributed by atoms with E-state index in [0.29, 0.717) is 0 Å². The van der Waals surface area contributed by atoms with Gasteiger partial charge in [0.2, 0.25) is 0 Å². The minimum absolute atomic E-state index is 0.234. The van der Waals surface area contributed by atoms with Crippen LogP contribution >= 0.6 is 0 Å². The molecule has 0 saturated carbocycles. The highest BCUT2D eigenvalue weighted by atomic mass is 16.5. The number of ether oxygens (including phenoxy) is 1. The molecule has 2 N–H and O–H groups in total. The van der Waals surface area contributed by atoms with Crippen LogP contribution in [-0.4, -0.2) is 34.6 Å². The molecule has 0 saturated heterocycles. The Kier molecular flexibility index (Phi) is 9.67. The van der Waals surface area contributed by atoms with Gasteiger partial charge in [0.05, 0.1) is 24.4 Å². The Morgan fingerprint density at radius 2 is 1.05 bits per heavy atom. The summed E-state index contributed by atoms with van der Waals surface area (Å²) in [4.78, 5) is 0. The number of aliphatic hydroxyl groups is 2. The average Bonchev–Trinajstić information content (AvgIpc) is 2.37. The number of aliphatic hydroxyl groups excluding tert-OH is 2. The van der Waals surface area contributed by atoms with Crippen molar-refractivity contribution < 1.29 is 14.9 Å². The second-order valence-electron chi connectivity index (χ2n) is 6.06. The largest absolute Gasteiger partial charge is 0.390 e. The molecule has 116 valence electrons. The Morgan fingerprint density at radius 1 is 0.737 bits per heavy atom. The summed E-state index contributed by atoms with van der Waals surface area (Å²) in [5, 5.41) is 20.4. The fraction of sp³-hybridized carbons (Fsp3) is 1.00. The summed E-state index contributed by atoms with van der Waals surface area (Å²) in [6.45, 7) is 12.1. The van der Waals surface area contributed by atoms with Crippen molar-refractivity contribution in [1.82, 2.24) is 0 Å². The highest BCUT2D eigenvalue weighted by Crippen LogP contribution is 2.20. The smallest absolute Gasteiger partial charge is 0.0824 e. The predicted octanol–water partition coefficient (Wildman–Crippen LogP) is 3.37. The zero-order chi connectivity index (χ0) is 15.0. The lowest BCUT2D eigenvalue weighted by Gasteiger charge is -2.31. The van der Waals surface area contributed by atoms with Gasteiger partial charge in [-0.2, -0.15) is 0 Å². The quantitative estimate of drug-likeness (QED) is 0.642. The van der Waals surface area contributed by atoms with E-state index in [2.05, 4.69) is 27.7 Å². The van der Waals surface area contributed by atoms with Crippen molar-refractivity contribution in [2.45, 2.75) is 91.6 Å². The minimum atomic E-state index is -0.462. The normalized spacial score (nSPS) is 21.5. The van der Waals surface area contributed by atoms with E-state index in [1.807, 2.05) is 13.8 Å². The number of hydrogen-bond donors (Lipinski definition) is 2. The Hall–Kier alpha value is -0.120. The topological polar surface area (TPSA) is 49.7 Å². The molecule has 19 heavy (non-hydrogen) atoms. The Bertz CT molecular complexity index is 198. The van der Waals surface area contributed by atoms with E-state index in [4.69, 9.17) is 4.74 Å². The third-order valence-electron chi connectivity index (χ3n) is 4.05. The van der Waals surface area contributed by atoms with Crippen molar-refractivity contribution in [1.29, 1.82) is 0 Å². The first-order valence-electron chi connectivity index (χ1n) is 7.86. The summed E-state index contributed by atoms with van der Waals surface area (Å²) in [6, 6.07) is 0. The van der Waals surface area contributed by atoms with Crippen LogP contribution in [0.4, 0.5) is 0 Å². The maximum atomic E-state index is 10.2. The van der Waals surface area contributed by atoms with Crippen LogP contribution in [0, 0.1) is 11.8 Å². The molecule has 0 heterocycles. The molecule has 0 aromatic carbocycles. The molecule has 0 aliphatic carbocycles. The lowest BCUT2D eigenvalue weighted by Crippen LogP contribution is -2.40. The van der Waals surface area contributed by atoms with Gasteiger partial charge in [-0.3, -0.25) is 0 Å². The van der Waals surface area contributed by atoms with Gasteiger partial charge in [0.1, 0.15) is 0 Å². The molecular formula is C16H34O3. The molecule has 3 nitrogen and oxygen atoms in total. The SMILES string of the molecule is CCCC(C)C(O)C(C)OC(C)C(O)C(C)CCC. The summed E-state index contributed by atoms with van der Waals surface area (Å²) >= 11 is 0. The van der Waals surface area contributed by atoms with E-state index in [-0.39, 0.29) is 24.0 Å². The third kappa shape index (κ3) is 6.73. The molecule has 0 aliphatic rings. The summed E-state index contributed by atoms with van der Waals surface area (Å²) < 4.78 is 5.81. The Labute approximate surface area is 119 Å². The molecule has 0 bridgehead atoms. The van der Waals surface area contributed by atoms with E-state index in [1.165, 1.54) is 0 Å². The van der Waals surface area contributed by atoms with Gasteiger partial charge in [0.15, 0.2) is 0 Å². The second kappa shape index (κ2) is 9.73. The highest BCUT2D eigenvalue weighted by Gasteiger charge is 2.27. The fourth-order valence-corrected chi connectivity index (χ4v) is 2.68. The van der Waals surface area contributed by atoms with Gasteiger partial charge in [0, 0.05) is 0 Å². The summed E-state index contributed by atoms with van der Waals surface area (Å²) in [5.41, 5.74) is 0. The van der Waals surface area contributed by atoms with Crippen molar-refractivity contribution in [3.63, 3.8) is 0 Å². The number of hydrogen-bond acceptors (Lipinski definition) is 3. The minimum Gasteiger partial charge on any atom is -0.390 e. The van der Waals surface area contributed by atoms with E-state index in [9.17, 15) is 10.2 Å². The standard InChI is InChI=1S/C16H34O3/c1-7-9-11(3)15(17)13(5)19-14(6)16(18)12(4)10-8-2/h11-18H,7-10H2,1-6H3. The molecule has 0 fully saturated rings. The van der Waals surface area contributed by atoms with Crippen molar-refractivity contribution in [3.05, 3.63) is 0 Å². The van der Waals surface area contributed by atoms with Gasteiger partial charge in [0.25, 0.3) is 0 Å². The Morgan fingerprint density at radius 3 is 1.32 bits per heavy atom. The van der Waals surface area contributed by atoms with Crippen LogP contribution in [0.5, 0.6) is 0 Å². The Balaban J connectivity index is 4.26. The first-order chi connectivity index (χ1) is 8.84. The zero-order valence-corrected chi connectivity index (χ0v) is 13.6. The van der Waals surface area contributed by atoms with Crippen molar-refractivity contribution in [2.24, 2.45) is 11.8 Å². The van der Waals surface area contributed by atoms with Gasteiger partial charge in [-0.25, -0.2) is 0 Å². The van der Waals surface area contributed by atoms with Crippen LogP contribution < -0.4 is 0 Å². The molecule has 3 heteroatoms. The van der Waals surface area contributed by atoms with Crippen molar-refractivity contribution in [3.8, 4) is 0 Å². The van der Waals surface area contributed by atoms with E-state index >= 15 is 0 Å². The molecule has 0 radical (unpaired) electrons. The van der Waals surface area contributed by atoms with E-state index in [0.717, 1.165) is 25.7 Å². The molecule has 0 aliphatic heterocycles. The lowest BCUT2D eigenvalue weighted by molar-refractivity contribution is -0.123. The van der Waals surface area contributed by atoms with Crippen molar-refractivity contribution >= 4 is 0 Å². The molecule has 0 aromatic rings. The van der Waals surface area contributed by atoms with E-state index < -0.39 is 12.2 Å². The van der Waals surface area contributed by atoms with Crippen LogP contribution in [0.3, 0.4) is 0 Å². The van der Waals surface area contributed by atoms with Crippen LogP contribution in [0.25, 0.3) is 0 Å². The lowest BCUT2D eigenvalue weighted by atomic mass is 9.94. The van der Waals surface area contributed by atoms with Crippen LogP contribution in [0.15, 0.2) is 0 Å². The summed E-state index contributed by atoms with van der Waals surface area (Å²) in [5.74, 6) is 0.467. The fourth-order valence-electron chi connectivity index (χ4n) is 2.68. The predicted molar refractivity (Wildman–Crippen MR) is 80.2 cm³/mol. The molecule has 0 aromatic heterocycles. The van der Waals surface area contributed by atoms with Crippen LogP contribution in [0.1, 0.15) is 67.2 Å². The van der Waals surface area contributed by atoms with Crippen LogP contribution in [0.2, 0.25) is 0 Å². The number of rotatable bonds is 10. The van der Waals surface area contributed by atoms with Gasteiger partial charge in [-0.15, -0.1) is 0 Å². The average molecular weight is 274 g/mol. The second-order valence-corrected chi connectivity index (χ2v) is 6.06. The summed E-state index contributed by atoms with van der Waals surface area (Å²) in [7, 11) is 0. The zero-order valence-electron chi connectivity index (χ0n) is 13.6. The van der Waals surface area contributed by atoms with Crippen molar-refractivity contribution in [2.75, 3.05) is 0 Å². The van der Waals surface area contributed by atoms with Gasteiger partial charge >= 0.3 is 0 Å². The van der Waals surface area contributed by atoms with Crippen LogP contribution in [-0.2, 0) is 4.74 Å². The molecular weight excluding hydrogens is 240 g/mol. The molecule has 0 amide bonds. The maximum Gasteiger partial charge on any atom is 0.0824 e. The maximum absolute atomic E-state index is 10.2. The van der Waals surface area contributed by atoms with E-state index in [1.54, 1.807) is 0 Å². The molecule has 0 rings (SSSR count). The first kappa shape index (κ1) is 18.9. The highest BCUT2D eigenvalue weighted by molar-refractivity contribution is 4.76. The van der Waals surface area contributed by atoms with Gasteiger partial charge < -0.3 is 14.9 Å². The van der Waals surface area contributed by atoms with Gasteiger partial charge in [-0.05, 0) is 38.5 Å². The molecule has 6 unspecified atom stereocenters. The summed E-state index contributed by atoms with van der Waals surface area (Å²) in [6.07, 6.45) is 2.73. The van der Waals surface area contributed by atoms with Gasteiger partial charge in [-0.1, -0.05) is 40.5 Å². The monoisotopic (exact) mass is 274 g/mol. The molecule has 0 spiro atoms. The first-order valence-corrected chi connectivity index (χ1v) is 7.86. The molecule has 6 atom stereocenters. The third-order valence-corrected chi connectivity index (χ3v) is 4.05.